The highest BCUT2D eigenvalue weighted by atomic mass is 35.5. The molecule has 0 fully saturated rings. The van der Waals surface area contributed by atoms with Crippen molar-refractivity contribution in [2.75, 3.05) is 7.05 Å². The minimum absolute atomic E-state index is 0.136. The Balaban J connectivity index is 2.34. The van der Waals surface area contributed by atoms with E-state index in [4.69, 9.17) is 11.6 Å². The number of rotatable bonds is 5. The van der Waals surface area contributed by atoms with Gasteiger partial charge in [-0.1, -0.05) is 6.07 Å². The van der Waals surface area contributed by atoms with Gasteiger partial charge < -0.3 is 0 Å². The number of hydrogen-bond acceptors (Lipinski definition) is 3. The maximum Gasteiger partial charge on any atom is 0.246 e. The van der Waals surface area contributed by atoms with E-state index in [9.17, 15) is 12.8 Å². The summed E-state index contributed by atoms with van der Waals surface area (Å²) in [6, 6.07) is 5.72. The maximum atomic E-state index is 13.8. The van der Waals surface area contributed by atoms with Gasteiger partial charge in [-0.15, -0.1) is 11.6 Å². The molecule has 0 aliphatic carbocycles. The summed E-state index contributed by atoms with van der Waals surface area (Å²) in [6.07, 6.45) is 0. The van der Waals surface area contributed by atoms with Crippen molar-refractivity contribution in [2.45, 2.75) is 17.3 Å². The van der Waals surface area contributed by atoms with Crippen LogP contribution in [-0.2, 0) is 22.4 Å². The van der Waals surface area contributed by atoms with Crippen LogP contribution in [0.5, 0.6) is 0 Å². The lowest BCUT2D eigenvalue weighted by Gasteiger charge is -2.17. The molecule has 0 unspecified atom stereocenters. The van der Waals surface area contributed by atoms with Crippen molar-refractivity contribution in [2.24, 2.45) is 0 Å². The maximum absolute atomic E-state index is 13.8. The molecule has 0 N–H and O–H groups in total. The third-order valence-corrected chi connectivity index (χ3v) is 5.68. The standard InChI is InChI=1S/C13H13ClFNO2S2/c1-16(8-11-4-5-19-9-11)20(17,18)13-6-10(7-14)2-3-12(13)15/h2-6,9H,7-8H2,1H3. The fourth-order valence-corrected chi connectivity index (χ4v) is 3.82. The van der Waals surface area contributed by atoms with Crippen molar-refractivity contribution in [3.05, 3.63) is 52.0 Å². The molecule has 0 radical (unpaired) electrons. The molecule has 2 rings (SSSR count). The van der Waals surface area contributed by atoms with Crippen LogP contribution in [0.1, 0.15) is 11.1 Å². The van der Waals surface area contributed by atoms with Gasteiger partial charge in [0.05, 0.1) is 0 Å². The van der Waals surface area contributed by atoms with Crippen LogP contribution in [0.2, 0.25) is 0 Å². The van der Waals surface area contributed by atoms with Gasteiger partial charge in [-0.2, -0.15) is 15.6 Å². The second-order valence-corrected chi connectivity index (χ2v) is 7.35. The first-order valence-corrected chi connectivity index (χ1v) is 8.68. The summed E-state index contributed by atoms with van der Waals surface area (Å²) in [6.45, 7) is 0.205. The second kappa shape index (κ2) is 6.22. The molecule has 0 aliphatic rings. The Morgan fingerprint density at radius 1 is 1.30 bits per heavy atom. The highest BCUT2D eigenvalue weighted by Crippen LogP contribution is 2.22. The normalized spacial score (nSPS) is 12.0. The van der Waals surface area contributed by atoms with Gasteiger partial charge in [-0.05, 0) is 40.1 Å². The lowest BCUT2D eigenvalue weighted by Crippen LogP contribution is -2.27. The zero-order chi connectivity index (χ0) is 14.8. The van der Waals surface area contributed by atoms with Crippen molar-refractivity contribution in [1.82, 2.24) is 4.31 Å². The largest absolute Gasteiger partial charge is 0.246 e. The molecule has 3 nitrogen and oxygen atoms in total. The Labute approximate surface area is 126 Å². The van der Waals surface area contributed by atoms with E-state index >= 15 is 0 Å². The molecule has 0 atom stereocenters. The molecule has 0 saturated carbocycles. The van der Waals surface area contributed by atoms with E-state index in [0.717, 1.165) is 15.9 Å². The minimum atomic E-state index is -3.87. The predicted octanol–water partition coefficient (Wildman–Crippen LogP) is 3.45. The summed E-state index contributed by atoms with van der Waals surface area (Å²) in [5.74, 6) is -0.632. The Morgan fingerprint density at radius 3 is 2.65 bits per heavy atom. The molecular formula is C13H13ClFNO2S2. The quantitative estimate of drug-likeness (QED) is 0.786. The van der Waals surface area contributed by atoms with E-state index in [1.54, 1.807) is 0 Å². The Morgan fingerprint density at radius 2 is 2.05 bits per heavy atom. The van der Waals surface area contributed by atoms with Crippen molar-refractivity contribution in [1.29, 1.82) is 0 Å². The average Bonchev–Trinajstić information content (AvgIpc) is 2.92. The first-order chi connectivity index (χ1) is 9.45. The van der Waals surface area contributed by atoms with Crippen LogP contribution >= 0.6 is 22.9 Å². The van der Waals surface area contributed by atoms with Crippen molar-refractivity contribution in [3.63, 3.8) is 0 Å². The Bertz CT molecular complexity index is 686. The van der Waals surface area contributed by atoms with E-state index < -0.39 is 15.8 Å². The predicted molar refractivity (Wildman–Crippen MR) is 78.9 cm³/mol. The number of hydrogen-bond donors (Lipinski definition) is 0. The molecule has 1 aromatic heterocycles. The highest BCUT2D eigenvalue weighted by Gasteiger charge is 2.25. The number of alkyl halides is 1. The number of nitrogens with zero attached hydrogens (tertiary/aromatic N) is 1. The zero-order valence-electron chi connectivity index (χ0n) is 10.7. The summed E-state index contributed by atoms with van der Waals surface area (Å²) in [5, 5.41) is 3.72. The molecule has 0 amide bonds. The van der Waals surface area contributed by atoms with Gasteiger partial charge in [0.25, 0.3) is 0 Å². The van der Waals surface area contributed by atoms with E-state index in [0.29, 0.717) is 5.56 Å². The number of benzene rings is 1. The van der Waals surface area contributed by atoms with Gasteiger partial charge >= 0.3 is 0 Å². The van der Waals surface area contributed by atoms with Crippen molar-refractivity contribution >= 4 is 33.0 Å². The molecule has 20 heavy (non-hydrogen) atoms. The summed E-state index contributed by atoms with van der Waals surface area (Å²) >= 11 is 7.15. The first kappa shape index (κ1) is 15.4. The van der Waals surface area contributed by atoms with E-state index in [2.05, 4.69) is 0 Å². The number of halogens is 2. The van der Waals surface area contributed by atoms with Crippen LogP contribution in [0.15, 0.2) is 39.9 Å². The third-order valence-electron chi connectivity index (χ3n) is 2.82. The Hall–Kier alpha value is -0.950. The van der Waals surface area contributed by atoms with Crippen LogP contribution in [0.25, 0.3) is 0 Å². The summed E-state index contributed by atoms with van der Waals surface area (Å²) in [4.78, 5) is -0.339. The average molecular weight is 334 g/mol. The van der Waals surface area contributed by atoms with Crippen molar-refractivity contribution in [3.8, 4) is 0 Å². The van der Waals surface area contributed by atoms with Crippen molar-refractivity contribution < 1.29 is 12.8 Å². The fraction of sp³-hybridized carbons (Fsp3) is 0.231. The molecule has 1 aromatic carbocycles. The van der Waals surface area contributed by atoms with Crippen LogP contribution in [0.3, 0.4) is 0 Å². The molecule has 1 heterocycles. The fourth-order valence-electron chi connectivity index (χ4n) is 1.72. The van der Waals surface area contributed by atoms with Gasteiger partial charge in [0.2, 0.25) is 10.0 Å². The lowest BCUT2D eigenvalue weighted by atomic mass is 10.2. The van der Waals surface area contributed by atoms with Gasteiger partial charge in [0.15, 0.2) is 0 Å². The molecule has 108 valence electrons. The minimum Gasteiger partial charge on any atom is -0.207 e. The third kappa shape index (κ3) is 3.20. The highest BCUT2D eigenvalue weighted by molar-refractivity contribution is 7.89. The molecule has 0 saturated heterocycles. The number of sulfonamides is 1. The SMILES string of the molecule is CN(Cc1ccsc1)S(=O)(=O)c1cc(CCl)ccc1F. The number of thiophene rings is 1. The molecule has 7 heteroatoms. The topological polar surface area (TPSA) is 37.4 Å². The molecule has 0 aliphatic heterocycles. The molecular weight excluding hydrogens is 321 g/mol. The van der Waals surface area contributed by atoms with Gasteiger partial charge in [-0.25, -0.2) is 12.8 Å². The smallest absolute Gasteiger partial charge is 0.207 e. The van der Waals surface area contributed by atoms with E-state index in [1.165, 1.54) is 30.5 Å². The first-order valence-electron chi connectivity index (χ1n) is 5.77. The van der Waals surface area contributed by atoms with Crippen LogP contribution in [-0.4, -0.2) is 19.8 Å². The second-order valence-electron chi connectivity index (χ2n) is 4.29. The molecule has 0 bridgehead atoms. The van der Waals surface area contributed by atoms with Gasteiger partial charge in [-0.3, -0.25) is 0 Å². The molecule has 0 spiro atoms. The van der Waals surface area contributed by atoms with E-state index in [1.807, 2.05) is 16.8 Å². The van der Waals surface area contributed by atoms with Crippen LogP contribution in [0, 0.1) is 5.82 Å². The summed E-state index contributed by atoms with van der Waals surface area (Å²) in [7, 11) is -2.44. The van der Waals surface area contributed by atoms with Gasteiger partial charge in [0.1, 0.15) is 10.7 Å². The van der Waals surface area contributed by atoms with Crippen LogP contribution in [0.4, 0.5) is 4.39 Å². The molecule has 2 aromatic rings. The summed E-state index contributed by atoms with van der Waals surface area (Å²) in [5.41, 5.74) is 1.44. The van der Waals surface area contributed by atoms with E-state index in [-0.39, 0.29) is 17.3 Å². The zero-order valence-corrected chi connectivity index (χ0v) is 13.1. The lowest BCUT2D eigenvalue weighted by molar-refractivity contribution is 0.460. The van der Waals surface area contributed by atoms with Gasteiger partial charge in [0, 0.05) is 19.5 Å². The summed E-state index contributed by atoms with van der Waals surface area (Å²) < 4.78 is 39.7. The Kier molecular flexibility index (Phi) is 4.80. The monoisotopic (exact) mass is 333 g/mol. The van der Waals surface area contributed by atoms with Crippen LogP contribution < -0.4 is 0 Å².